The highest BCUT2D eigenvalue weighted by Crippen LogP contribution is 2.33. The number of amides is 1. The molecule has 0 bridgehead atoms. The molecule has 4 rings (SSSR count). The van der Waals surface area contributed by atoms with Crippen molar-refractivity contribution in [1.29, 1.82) is 0 Å². The first-order valence-electron chi connectivity index (χ1n) is 8.23. The van der Waals surface area contributed by atoms with Gasteiger partial charge in [-0.15, -0.1) is 0 Å². The number of aromatic amines is 2. The number of benzene rings is 2. The first-order chi connectivity index (χ1) is 12.8. The molecule has 0 aliphatic rings. The van der Waals surface area contributed by atoms with Gasteiger partial charge in [-0.1, -0.05) is 13.8 Å². The number of fused-ring (bicyclic) bond motifs is 6. The standard InChI is InChI=1S/C18H16FN5O3/c1-18(2,6-20-17(26)27)16-23-12-9-4-3-8(19)5-10(9)11-13(14(12)24-16)21-7-22-15(11)25/h3-5,7,20H,6H2,1-2H3,(H,23,24)(H,26,27)(H,21,22,25). The van der Waals surface area contributed by atoms with E-state index in [0.29, 0.717) is 33.1 Å². The fourth-order valence-electron chi connectivity index (χ4n) is 3.21. The van der Waals surface area contributed by atoms with E-state index in [1.54, 1.807) is 6.07 Å². The van der Waals surface area contributed by atoms with Crippen LogP contribution in [0, 0.1) is 5.82 Å². The molecule has 2 aromatic carbocycles. The third-order valence-electron chi connectivity index (χ3n) is 4.62. The Labute approximate surface area is 151 Å². The van der Waals surface area contributed by atoms with Crippen LogP contribution in [0.4, 0.5) is 9.18 Å². The summed E-state index contributed by atoms with van der Waals surface area (Å²) in [5.41, 5.74) is 0.466. The normalized spacial score (nSPS) is 12.1. The summed E-state index contributed by atoms with van der Waals surface area (Å²) >= 11 is 0. The van der Waals surface area contributed by atoms with E-state index in [9.17, 15) is 14.0 Å². The molecule has 0 spiro atoms. The Balaban J connectivity index is 2.08. The third kappa shape index (κ3) is 2.67. The molecule has 4 aromatic rings. The van der Waals surface area contributed by atoms with E-state index < -0.39 is 17.3 Å². The number of carbonyl (C=O) groups is 1. The zero-order valence-electron chi connectivity index (χ0n) is 14.6. The second-order valence-electron chi connectivity index (χ2n) is 7.00. The number of hydrogen-bond donors (Lipinski definition) is 4. The predicted octanol–water partition coefficient (Wildman–Crippen LogP) is 2.64. The van der Waals surface area contributed by atoms with Crippen molar-refractivity contribution < 1.29 is 14.3 Å². The van der Waals surface area contributed by atoms with Crippen LogP contribution in [0.25, 0.3) is 32.7 Å². The van der Waals surface area contributed by atoms with Gasteiger partial charge >= 0.3 is 6.09 Å². The van der Waals surface area contributed by atoms with E-state index in [1.165, 1.54) is 18.5 Å². The molecule has 0 fully saturated rings. The summed E-state index contributed by atoms with van der Waals surface area (Å²) in [4.78, 5) is 37.8. The molecule has 0 unspecified atom stereocenters. The Morgan fingerprint density at radius 1 is 1.30 bits per heavy atom. The van der Waals surface area contributed by atoms with Gasteiger partial charge in [0.1, 0.15) is 17.2 Å². The highest BCUT2D eigenvalue weighted by molar-refractivity contribution is 6.21. The van der Waals surface area contributed by atoms with Crippen LogP contribution in [0.1, 0.15) is 19.7 Å². The summed E-state index contributed by atoms with van der Waals surface area (Å²) < 4.78 is 13.8. The second-order valence-corrected chi connectivity index (χ2v) is 7.00. The molecule has 4 N–H and O–H groups in total. The fraction of sp³-hybridized carbons (Fsp3) is 0.222. The fourth-order valence-corrected chi connectivity index (χ4v) is 3.21. The van der Waals surface area contributed by atoms with Gasteiger partial charge in [-0.2, -0.15) is 0 Å². The summed E-state index contributed by atoms with van der Waals surface area (Å²) in [5, 5.41) is 12.5. The summed E-state index contributed by atoms with van der Waals surface area (Å²) in [6.45, 7) is 3.82. The quantitative estimate of drug-likeness (QED) is 0.413. The van der Waals surface area contributed by atoms with Crippen molar-refractivity contribution in [2.45, 2.75) is 19.3 Å². The lowest BCUT2D eigenvalue weighted by molar-refractivity contribution is 0.191. The van der Waals surface area contributed by atoms with Crippen LogP contribution in [0.2, 0.25) is 0 Å². The van der Waals surface area contributed by atoms with Gasteiger partial charge in [0.25, 0.3) is 5.56 Å². The van der Waals surface area contributed by atoms with Crippen LogP contribution >= 0.6 is 0 Å². The topological polar surface area (TPSA) is 124 Å². The molecule has 9 heteroatoms. The van der Waals surface area contributed by atoms with Gasteiger partial charge in [-0.25, -0.2) is 19.2 Å². The number of carboxylic acid groups (broad SMARTS) is 1. The highest BCUT2D eigenvalue weighted by atomic mass is 19.1. The number of nitrogens with one attached hydrogen (secondary N) is 3. The number of hydrogen-bond acceptors (Lipinski definition) is 4. The van der Waals surface area contributed by atoms with Crippen LogP contribution < -0.4 is 10.9 Å². The third-order valence-corrected chi connectivity index (χ3v) is 4.62. The highest BCUT2D eigenvalue weighted by Gasteiger charge is 2.27. The second kappa shape index (κ2) is 5.76. The average molecular weight is 369 g/mol. The van der Waals surface area contributed by atoms with Crippen LogP contribution in [-0.2, 0) is 5.41 Å². The predicted molar refractivity (Wildman–Crippen MR) is 98.5 cm³/mol. The molecule has 1 amide bonds. The smallest absolute Gasteiger partial charge is 0.404 e. The van der Waals surface area contributed by atoms with E-state index in [-0.39, 0.29) is 17.5 Å². The van der Waals surface area contributed by atoms with E-state index in [2.05, 4.69) is 25.3 Å². The Hall–Kier alpha value is -3.49. The Bertz CT molecular complexity index is 1270. The van der Waals surface area contributed by atoms with Gasteiger partial charge in [0.2, 0.25) is 0 Å². The SMILES string of the molecule is CC(C)(CNC(=O)O)c1nc2c3ccc(F)cc3c3c(=O)[nH]cnc3c2[nH]1. The molecular weight excluding hydrogens is 353 g/mol. The zero-order chi connectivity index (χ0) is 19.3. The van der Waals surface area contributed by atoms with E-state index in [4.69, 9.17) is 5.11 Å². The molecule has 8 nitrogen and oxygen atoms in total. The van der Waals surface area contributed by atoms with E-state index in [0.717, 1.165) is 0 Å². The molecule has 0 saturated heterocycles. The summed E-state index contributed by atoms with van der Waals surface area (Å²) in [6.07, 6.45) is 0.158. The van der Waals surface area contributed by atoms with Crippen LogP contribution in [0.15, 0.2) is 29.3 Å². The van der Waals surface area contributed by atoms with Crippen molar-refractivity contribution in [1.82, 2.24) is 25.3 Å². The van der Waals surface area contributed by atoms with Gasteiger partial charge in [0, 0.05) is 22.7 Å². The summed E-state index contributed by atoms with van der Waals surface area (Å²) in [7, 11) is 0. The molecule has 138 valence electrons. The molecule has 27 heavy (non-hydrogen) atoms. The van der Waals surface area contributed by atoms with E-state index >= 15 is 0 Å². The molecule has 0 saturated carbocycles. The van der Waals surface area contributed by atoms with Crippen molar-refractivity contribution in [3.8, 4) is 0 Å². The minimum Gasteiger partial charge on any atom is -0.465 e. The largest absolute Gasteiger partial charge is 0.465 e. The van der Waals surface area contributed by atoms with Crippen molar-refractivity contribution >= 4 is 38.8 Å². The van der Waals surface area contributed by atoms with Gasteiger partial charge < -0.3 is 20.4 Å². The first-order valence-corrected chi connectivity index (χ1v) is 8.23. The van der Waals surface area contributed by atoms with Crippen LogP contribution in [0.3, 0.4) is 0 Å². The van der Waals surface area contributed by atoms with Gasteiger partial charge in [0.05, 0.1) is 22.7 Å². The number of aromatic nitrogens is 4. The zero-order valence-corrected chi connectivity index (χ0v) is 14.6. The van der Waals surface area contributed by atoms with Crippen LogP contribution in [0.5, 0.6) is 0 Å². The Morgan fingerprint density at radius 3 is 2.81 bits per heavy atom. The minimum absolute atomic E-state index is 0.140. The lowest BCUT2D eigenvalue weighted by Crippen LogP contribution is -2.36. The van der Waals surface area contributed by atoms with Crippen molar-refractivity contribution in [3.05, 3.63) is 46.5 Å². The maximum atomic E-state index is 13.8. The molecule has 2 aromatic heterocycles. The minimum atomic E-state index is -1.13. The average Bonchev–Trinajstić information content (AvgIpc) is 3.06. The van der Waals surface area contributed by atoms with Gasteiger partial charge in [-0.3, -0.25) is 4.79 Å². The Morgan fingerprint density at radius 2 is 2.07 bits per heavy atom. The molecule has 0 aliphatic carbocycles. The number of imidazole rings is 1. The molecule has 0 atom stereocenters. The molecule has 2 heterocycles. The van der Waals surface area contributed by atoms with Crippen molar-refractivity contribution in [2.75, 3.05) is 6.54 Å². The maximum absolute atomic E-state index is 13.8. The lowest BCUT2D eigenvalue weighted by atomic mass is 9.92. The lowest BCUT2D eigenvalue weighted by Gasteiger charge is -2.21. The van der Waals surface area contributed by atoms with Crippen molar-refractivity contribution in [3.63, 3.8) is 0 Å². The molecule has 0 aliphatic heterocycles. The monoisotopic (exact) mass is 369 g/mol. The number of rotatable bonds is 3. The molecular formula is C18H16FN5O3. The number of halogens is 1. The van der Waals surface area contributed by atoms with Gasteiger partial charge in [-0.05, 0) is 18.2 Å². The number of H-pyrrole nitrogens is 2. The summed E-state index contributed by atoms with van der Waals surface area (Å²) in [5.74, 6) is 0.0691. The van der Waals surface area contributed by atoms with Gasteiger partial charge in [0.15, 0.2) is 0 Å². The first kappa shape index (κ1) is 17.0. The van der Waals surface area contributed by atoms with Crippen LogP contribution in [-0.4, -0.2) is 37.7 Å². The van der Waals surface area contributed by atoms with E-state index in [1.807, 2.05) is 13.8 Å². The number of nitrogens with zero attached hydrogens (tertiary/aromatic N) is 2. The maximum Gasteiger partial charge on any atom is 0.404 e. The van der Waals surface area contributed by atoms with Crippen molar-refractivity contribution in [2.24, 2.45) is 0 Å². The summed E-state index contributed by atoms with van der Waals surface area (Å²) in [6, 6.07) is 4.18. The molecule has 0 radical (unpaired) electrons. The Kier molecular flexibility index (Phi) is 3.62.